The Morgan fingerprint density at radius 2 is 2.12 bits per heavy atom. The second-order valence-corrected chi connectivity index (χ2v) is 10.5. The molecule has 1 aliphatic carbocycles. The number of hydrogen-bond donors (Lipinski definition) is 1. The first kappa shape index (κ1) is 19.8. The Balaban J connectivity index is 0.00000196. The molecule has 1 saturated carbocycles. The minimum atomic E-state index is -3.46. The summed E-state index contributed by atoms with van der Waals surface area (Å²) in [4.78, 5) is 5.49. The molecule has 0 bridgehead atoms. The summed E-state index contributed by atoms with van der Waals surface area (Å²) in [5, 5.41) is 4.06. The molecule has 7 nitrogen and oxygen atoms in total. The van der Waals surface area contributed by atoms with E-state index in [2.05, 4.69) is 10.1 Å². The molecule has 2 aromatic heterocycles. The van der Waals surface area contributed by atoms with Gasteiger partial charge in [-0.1, -0.05) is 5.16 Å². The van der Waals surface area contributed by atoms with Crippen molar-refractivity contribution in [2.24, 2.45) is 5.73 Å². The number of nitrogens with two attached hydrogens (primary N) is 1. The van der Waals surface area contributed by atoms with Gasteiger partial charge in [-0.15, -0.1) is 23.7 Å². The quantitative estimate of drug-likeness (QED) is 0.818. The number of piperidine rings is 1. The smallest absolute Gasteiger partial charge is 0.252 e. The summed E-state index contributed by atoms with van der Waals surface area (Å²) in [6.07, 6.45) is 4.44. The molecule has 2 N–H and O–H groups in total. The fourth-order valence-electron chi connectivity index (χ4n) is 3.42. The molecule has 0 spiro atoms. The highest BCUT2D eigenvalue weighted by molar-refractivity contribution is 7.91. The van der Waals surface area contributed by atoms with Crippen LogP contribution in [-0.4, -0.2) is 36.0 Å². The minimum absolute atomic E-state index is 0. The van der Waals surface area contributed by atoms with Gasteiger partial charge in [-0.25, -0.2) is 8.42 Å². The molecule has 10 heteroatoms. The summed E-state index contributed by atoms with van der Waals surface area (Å²) in [6.45, 7) is 2.81. The molecule has 2 fully saturated rings. The molecule has 1 unspecified atom stereocenters. The number of aromatic nitrogens is 2. The zero-order valence-corrected chi connectivity index (χ0v) is 17.0. The maximum absolute atomic E-state index is 12.8. The first-order valence-corrected chi connectivity index (χ1v) is 10.8. The maximum Gasteiger partial charge on any atom is 0.252 e. The fourth-order valence-corrected chi connectivity index (χ4v) is 6.39. The maximum atomic E-state index is 12.8. The van der Waals surface area contributed by atoms with Crippen LogP contribution in [0.25, 0.3) is 0 Å². The lowest BCUT2D eigenvalue weighted by Crippen LogP contribution is -2.44. The van der Waals surface area contributed by atoms with Gasteiger partial charge >= 0.3 is 0 Å². The van der Waals surface area contributed by atoms with Crippen LogP contribution in [0.5, 0.6) is 0 Å². The number of thiophene rings is 1. The fraction of sp³-hybridized carbons (Fsp3) is 0.625. The van der Waals surface area contributed by atoms with Crippen molar-refractivity contribution in [3.05, 3.63) is 28.7 Å². The molecular weight excluding hydrogens is 396 g/mol. The molecule has 144 valence electrons. The van der Waals surface area contributed by atoms with Crippen molar-refractivity contribution < 1.29 is 12.9 Å². The van der Waals surface area contributed by atoms with Crippen LogP contribution in [-0.2, 0) is 15.6 Å². The Morgan fingerprint density at radius 1 is 1.35 bits per heavy atom. The molecule has 4 rings (SSSR count). The first-order chi connectivity index (χ1) is 11.9. The Morgan fingerprint density at radius 3 is 2.73 bits per heavy atom. The van der Waals surface area contributed by atoms with Gasteiger partial charge in [0.1, 0.15) is 4.21 Å². The lowest BCUT2D eigenvalue weighted by Gasteiger charge is -2.34. The van der Waals surface area contributed by atoms with Gasteiger partial charge in [0.15, 0.2) is 5.82 Å². The summed E-state index contributed by atoms with van der Waals surface area (Å²) in [5.41, 5.74) is 5.79. The molecular formula is C16H23ClN4O3S2. The van der Waals surface area contributed by atoms with E-state index in [1.54, 1.807) is 6.07 Å². The van der Waals surface area contributed by atoms with E-state index in [1.807, 2.05) is 13.0 Å². The minimum Gasteiger partial charge on any atom is -0.339 e. The summed E-state index contributed by atoms with van der Waals surface area (Å²) < 4.78 is 33.1. The van der Waals surface area contributed by atoms with Crippen LogP contribution < -0.4 is 5.73 Å². The van der Waals surface area contributed by atoms with Crippen LogP contribution >= 0.6 is 23.7 Å². The molecule has 0 radical (unpaired) electrons. The predicted octanol–water partition coefficient (Wildman–Crippen LogP) is 2.77. The SMILES string of the molecule is Cc1ccc(S(=O)(=O)N2CCCC(c3nc(C4(N)CCC4)no3)C2)s1.Cl. The van der Waals surface area contributed by atoms with Gasteiger partial charge in [0, 0.05) is 18.0 Å². The molecule has 26 heavy (non-hydrogen) atoms. The summed E-state index contributed by atoms with van der Waals surface area (Å²) in [7, 11) is -3.46. The normalized spacial score (nSPS) is 23.2. The predicted molar refractivity (Wildman–Crippen MR) is 101 cm³/mol. The highest BCUT2D eigenvalue weighted by Gasteiger charge is 2.40. The van der Waals surface area contributed by atoms with Crippen molar-refractivity contribution in [1.29, 1.82) is 0 Å². The van der Waals surface area contributed by atoms with Crippen LogP contribution in [0.4, 0.5) is 0 Å². The molecule has 1 atom stereocenters. The largest absolute Gasteiger partial charge is 0.339 e. The van der Waals surface area contributed by atoms with E-state index in [9.17, 15) is 8.42 Å². The topological polar surface area (TPSA) is 102 Å². The number of rotatable bonds is 4. The number of nitrogens with zero attached hydrogens (tertiary/aromatic N) is 3. The Hall–Kier alpha value is -1.00. The molecule has 0 aromatic carbocycles. The van der Waals surface area contributed by atoms with Gasteiger partial charge in [-0.05, 0) is 51.2 Å². The average Bonchev–Trinajstić information content (AvgIpc) is 3.22. The zero-order chi connectivity index (χ0) is 17.7. The lowest BCUT2D eigenvalue weighted by atomic mass is 9.77. The van der Waals surface area contributed by atoms with Gasteiger partial charge in [0.2, 0.25) is 5.89 Å². The van der Waals surface area contributed by atoms with Crippen molar-refractivity contribution in [2.75, 3.05) is 13.1 Å². The van der Waals surface area contributed by atoms with Crippen LogP contribution in [0.1, 0.15) is 54.6 Å². The second-order valence-electron chi connectivity index (χ2n) is 7.03. The van der Waals surface area contributed by atoms with Gasteiger partial charge in [-0.2, -0.15) is 9.29 Å². The van der Waals surface area contributed by atoms with Crippen molar-refractivity contribution >= 4 is 33.8 Å². The van der Waals surface area contributed by atoms with E-state index in [0.717, 1.165) is 37.0 Å². The Kier molecular flexibility index (Phi) is 5.47. The number of sulfonamides is 1. The van der Waals surface area contributed by atoms with E-state index in [4.69, 9.17) is 10.3 Å². The average molecular weight is 419 g/mol. The molecule has 3 heterocycles. The molecule has 0 amide bonds. The van der Waals surface area contributed by atoms with Crippen molar-refractivity contribution in [2.45, 2.75) is 54.7 Å². The monoisotopic (exact) mass is 418 g/mol. The molecule has 1 saturated heterocycles. The van der Waals surface area contributed by atoms with Crippen LogP contribution in [0.3, 0.4) is 0 Å². The highest BCUT2D eigenvalue weighted by atomic mass is 35.5. The first-order valence-electron chi connectivity index (χ1n) is 8.58. The third-order valence-electron chi connectivity index (χ3n) is 5.18. The molecule has 1 aliphatic heterocycles. The van der Waals surface area contributed by atoms with Crippen LogP contribution in [0.2, 0.25) is 0 Å². The molecule has 2 aliphatic rings. The number of halogens is 1. The van der Waals surface area contributed by atoms with E-state index >= 15 is 0 Å². The second kappa shape index (κ2) is 7.20. The van der Waals surface area contributed by atoms with Crippen LogP contribution in [0.15, 0.2) is 20.9 Å². The van der Waals surface area contributed by atoms with Crippen LogP contribution in [0, 0.1) is 6.92 Å². The third-order valence-corrected chi connectivity index (χ3v) is 8.51. The zero-order valence-electron chi connectivity index (χ0n) is 14.6. The third kappa shape index (κ3) is 3.43. The number of hydrogen-bond acceptors (Lipinski definition) is 7. The standard InChI is InChI=1S/C16H22N4O3S2.ClH/c1-11-5-6-13(24-11)25(21,22)20-9-2-4-12(10-20)14-18-15(19-23-14)16(17)7-3-8-16;/h5-6,12H,2-4,7-10,17H2,1H3;1H. The Bertz CT molecular complexity index is 876. The van der Waals surface area contributed by atoms with Gasteiger partial charge in [-0.3, -0.25) is 0 Å². The summed E-state index contributed by atoms with van der Waals surface area (Å²) in [5.74, 6) is 0.992. The van der Waals surface area contributed by atoms with E-state index in [-0.39, 0.29) is 18.3 Å². The summed E-state index contributed by atoms with van der Waals surface area (Å²) in [6, 6.07) is 3.51. The van der Waals surface area contributed by atoms with E-state index in [1.165, 1.54) is 15.6 Å². The van der Waals surface area contributed by atoms with Gasteiger partial charge < -0.3 is 10.3 Å². The number of aryl methyl sites for hydroxylation is 1. The highest BCUT2D eigenvalue weighted by Crippen LogP contribution is 2.38. The van der Waals surface area contributed by atoms with Gasteiger partial charge in [0.25, 0.3) is 10.0 Å². The van der Waals surface area contributed by atoms with Crippen molar-refractivity contribution in [3.8, 4) is 0 Å². The lowest BCUT2D eigenvalue weighted by molar-refractivity contribution is 0.226. The van der Waals surface area contributed by atoms with Crippen molar-refractivity contribution in [3.63, 3.8) is 0 Å². The summed E-state index contributed by atoms with van der Waals surface area (Å²) >= 11 is 1.31. The van der Waals surface area contributed by atoms with E-state index < -0.39 is 15.6 Å². The molecule has 2 aromatic rings. The van der Waals surface area contributed by atoms with Crippen molar-refractivity contribution in [1.82, 2.24) is 14.4 Å². The van der Waals surface area contributed by atoms with Gasteiger partial charge in [0.05, 0.1) is 11.5 Å². The van der Waals surface area contributed by atoms with E-state index in [0.29, 0.717) is 29.0 Å². The Labute approximate surface area is 163 Å².